The van der Waals surface area contributed by atoms with Crippen molar-refractivity contribution in [2.24, 2.45) is 0 Å². The Morgan fingerprint density at radius 1 is 1.26 bits per heavy atom. The Hall–Kier alpha value is -3.15. The van der Waals surface area contributed by atoms with Crippen molar-refractivity contribution in [2.45, 2.75) is 25.2 Å². The van der Waals surface area contributed by atoms with Crippen LogP contribution in [0.2, 0.25) is 0 Å². The van der Waals surface area contributed by atoms with E-state index in [9.17, 15) is 22.8 Å². The van der Waals surface area contributed by atoms with Gasteiger partial charge in [0.2, 0.25) is 0 Å². The fourth-order valence-electron chi connectivity index (χ4n) is 2.11. The van der Waals surface area contributed by atoms with Crippen LogP contribution in [0.15, 0.2) is 34.0 Å². The van der Waals surface area contributed by atoms with Crippen LogP contribution in [0, 0.1) is 6.92 Å². The number of sulfonamides is 1. The van der Waals surface area contributed by atoms with Gasteiger partial charge in [-0.05, 0) is 25.5 Å². The summed E-state index contributed by atoms with van der Waals surface area (Å²) in [7, 11) is -3.39. The Morgan fingerprint density at radius 2 is 1.93 bits per heavy atom. The normalized spacial score (nSPS) is 11.1. The van der Waals surface area contributed by atoms with Crippen molar-refractivity contribution < 1.29 is 27.6 Å². The van der Waals surface area contributed by atoms with E-state index in [1.165, 1.54) is 25.1 Å². The van der Waals surface area contributed by atoms with Gasteiger partial charge in [0.25, 0.3) is 10.0 Å². The summed E-state index contributed by atoms with van der Waals surface area (Å²) in [6.07, 6.45) is 0.613. The second-order valence-corrected chi connectivity index (χ2v) is 6.92. The van der Waals surface area contributed by atoms with Crippen LogP contribution in [0.3, 0.4) is 0 Å². The fourth-order valence-corrected chi connectivity index (χ4v) is 3.23. The van der Waals surface area contributed by atoms with E-state index in [1.807, 2.05) is 6.92 Å². The molecule has 1 aromatic carbocycles. The molecule has 0 aliphatic heterocycles. The predicted molar refractivity (Wildman–Crippen MR) is 91.9 cm³/mol. The van der Waals surface area contributed by atoms with E-state index in [1.54, 1.807) is 4.72 Å². The zero-order chi connectivity index (χ0) is 20.2. The molecule has 2 rings (SSSR count). The molecule has 0 spiro atoms. The number of amides is 1. The lowest BCUT2D eigenvalue weighted by Gasteiger charge is -2.09. The average Bonchev–Trinajstić information content (AvgIpc) is 2.93. The van der Waals surface area contributed by atoms with Gasteiger partial charge in [-0.15, -0.1) is 14.5 Å². The van der Waals surface area contributed by atoms with Gasteiger partial charge in [0.1, 0.15) is 11.5 Å². The van der Waals surface area contributed by atoms with Gasteiger partial charge in [-0.25, -0.2) is 27.5 Å². The third kappa shape index (κ3) is 4.16. The molecule has 0 aliphatic carbocycles. The highest BCUT2D eigenvalue weighted by molar-refractivity contribution is 7.90. The first-order valence-corrected chi connectivity index (χ1v) is 9.27. The van der Waals surface area contributed by atoms with E-state index in [-0.39, 0.29) is 18.0 Å². The third-order valence-electron chi connectivity index (χ3n) is 3.31. The summed E-state index contributed by atoms with van der Waals surface area (Å²) in [5.74, 6) is -0.829. The van der Waals surface area contributed by atoms with Gasteiger partial charge in [-0.1, -0.05) is 19.1 Å². The lowest BCUT2D eigenvalue weighted by atomic mass is 10.2. The van der Waals surface area contributed by atoms with Crippen LogP contribution in [-0.2, 0) is 14.8 Å². The topological polar surface area (TPSA) is 139 Å². The number of benzene rings is 1. The lowest BCUT2D eigenvalue weighted by Crippen LogP contribution is -2.42. The molecule has 27 heavy (non-hydrogen) atoms. The van der Waals surface area contributed by atoms with Crippen molar-refractivity contribution in [3.05, 3.63) is 46.1 Å². The van der Waals surface area contributed by atoms with E-state index < -0.39 is 32.6 Å². The SMILES string of the molecule is CCCOn1c(C)nn(C(=O)NS(=O)(=O)c2ccccc2C(=O)OC)c1=O. The number of hydrogen-bond donors (Lipinski definition) is 1. The van der Waals surface area contributed by atoms with E-state index in [2.05, 4.69) is 9.84 Å². The molecule has 0 radical (unpaired) electrons. The van der Waals surface area contributed by atoms with Crippen LogP contribution < -0.4 is 15.2 Å². The molecule has 0 saturated carbocycles. The van der Waals surface area contributed by atoms with Gasteiger partial charge in [-0.2, -0.15) is 0 Å². The summed E-state index contributed by atoms with van der Waals surface area (Å²) in [5, 5.41) is 3.69. The molecule has 1 amide bonds. The molecule has 2 aromatic rings. The highest BCUT2D eigenvalue weighted by Gasteiger charge is 2.27. The number of rotatable bonds is 6. The highest BCUT2D eigenvalue weighted by Crippen LogP contribution is 2.16. The Balaban J connectivity index is 2.36. The van der Waals surface area contributed by atoms with Gasteiger partial charge in [0.15, 0.2) is 5.82 Å². The smallest absolute Gasteiger partial charge is 0.388 e. The maximum absolute atomic E-state index is 12.5. The number of nitrogens with one attached hydrogen (secondary N) is 1. The minimum Gasteiger partial charge on any atom is -0.465 e. The molecule has 0 atom stereocenters. The van der Waals surface area contributed by atoms with Crippen molar-refractivity contribution in [1.29, 1.82) is 0 Å². The molecular weight excluding hydrogens is 380 g/mol. The van der Waals surface area contributed by atoms with Crippen molar-refractivity contribution in [3.63, 3.8) is 0 Å². The Morgan fingerprint density at radius 3 is 2.56 bits per heavy atom. The zero-order valence-electron chi connectivity index (χ0n) is 14.8. The first-order chi connectivity index (χ1) is 12.7. The number of esters is 1. The molecule has 1 N–H and O–H groups in total. The van der Waals surface area contributed by atoms with Crippen molar-refractivity contribution >= 4 is 22.0 Å². The molecule has 146 valence electrons. The number of aromatic nitrogens is 3. The number of aryl methyl sites for hydroxylation is 1. The summed E-state index contributed by atoms with van der Waals surface area (Å²) in [4.78, 5) is 40.9. The largest absolute Gasteiger partial charge is 0.465 e. The van der Waals surface area contributed by atoms with E-state index in [0.29, 0.717) is 11.1 Å². The number of carbonyl (C=O) groups excluding carboxylic acids is 2. The molecule has 0 aliphatic rings. The van der Waals surface area contributed by atoms with Crippen LogP contribution in [0.5, 0.6) is 0 Å². The minimum atomic E-state index is -4.48. The minimum absolute atomic E-state index is 0.0657. The quantitative estimate of drug-likeness (QED) is 0.667. The van der Waals surface area contributed by atoms with Crippen molar-refractivity contribution in [1.82, 2.24) is 19.2 Å². The predicted octanol–water partition coefficient (Wildman–Crippen LogP) is -0.0750. The molecule has 1 aromatic heterocycles. The van der Waals surface area contributed by atoms with E-state index in [0.717, 1.165) is 17.9 Å². The average molecular weight is 398 g/mol. The van der Waals surface area contributed by atoms with Gasteiger partial charge in [-0.3, -0.25) is 0 Å². The Bertz CT molecular complexity index is 1020. The second kappa shape index (κ2) is 8.03. The third-order valence-corrected chi connectivity index (χ3v) is 4.69. The molecule has 1 heterocycles. The van der Waals surface area contributed by atoms with Gasteiger partial charge >= 0.3 is 17.7 Å². The molecule has 11 nitrogen and oxygen atoms in total. The zero-order valence-corrected chi connectivity index (χ0v) is 15.6. The van der Waals surface area contributed by atoms with Gasteiger partial charge in [0.05, 0.1) is 12.7 Å². The van der Waals surface area contributed by atoms with Crippen LogP contribution in [0.25, 0.3) is 0 Å². The van der Waals surface area contributed by atoms with E-state index >= 15 is 0 Å². The van der Waals surface area contributed by atoms with Crippen LogP contribution in [-0.4, -0.2) is 48.6 Å². The molecular formula is C15H18N4O7S. The summed E-state index contributed by atoms with van der Waals surface area (Å²) in [6.45, 7) is 3.45. The summed E-state index contributed by atoms with van der Waals surface area (Å²) >= 11 is 0. The summed E-state index contributed by atoms with van der Waals surface area (Å²) < 4.78 is 32.4. The molecule has 0 fully saturated rings. The monoisotopic (exact) mass is 398 g/mol. The molecule has 12 heteroatoms. The fraction of sp³-hybridized carbons (Fsp3) is 0.333. The van der Waals surface area contributed by atoms with Gasteiger partial charge < -0.3 is 9.57 Å². The molecule has 0 unspecified atom stereocenters. The number of methoxy groups -OCH3 is 1. The first kappa shape index (κ1) is 20.2. The lowest BCUT2D eigenvalue weighted by molar-refractivity contribution is 0.0596. The molecule has 0 saturated heterocycles. The van der Waals surface area contributed by atoms with Gasteiger partial charge in [0, 0.05) is 0 Å². The highest BCUT2D eigenvalue weighted by atomic mass is 32.2. The second-order valence-electron chi connectivity index (χ2n) is 5.27. The Kier molecular flexibility index (Phi) is 6.00. The summed E-state index contributed by atoms with van der Waals surface area (Å²) in [6, 6.07) is 3.84. The number of nitrogens with zero attached hydrogens (tertiary/aromatic N) is 3. The number of carbonyl (C=O) groups is 2. The van der Waals surface area contributed by atoms with Crippen LogP contribution in [0.1, 0.15) is 29.5 Å². The maximum Gasteiger partial charge on any atom is 0.388 e. The Labute approximate surface area is 154 Å². The van der Waals surface area contributed by atoms with E-state index in [4.69, 9.17) is 4.84 Å². The number of hydrogen-bond acceptors (Lipinski definition) is 8. The van der Waals surface area contributed by atoms with Crippen LogP contribution in [0.4, 0.5) is 4.79 Å². The number of ether oxygens (including phenoxy) is 1. The molecule has 0 bridgehead atoms. The summed E-state index contributed by atoms with van der Waals surface area (Å²) in [5.41, 5.74) is -1.23. The van der Waals surface area contributed by atoms with Crippen molar-refractivity contribution in [2.75, 3.05) is 13.7 Å². The standard InChI is InChI=1S/C15H18N4O7S/c1-4-9-26-19-10(2)16-18(15(19)22)14(21)17-27(23,24)12-8-6-5-7-11(12)13(20)25-3/h5-8H,4,9H2,1-3H3,(H,17,21). The maximum atomic E-state index is 12.5. The first-order valence-electron chi connectivity index (χ1n) is 7.79. The van der Waals surface area contributed by atoms with Crippen LogP contribution >= 0.6 is 0 Å². The van der Waals surface area contributed by atoms with Crippen molar-refractivity contribution in [3.8, 4) is 0 Å².